The lowest BCUT2D eigenvalue weighted by molar-refractivity contribution is -0.117. The highest BCUT2D eigenvalue weighted by atomic mass is 35.5. The van der Waals surface area contributed by atoms with Gasteiger partial charge in [-0.15, -0.1) is 0 Å². The largest absolute Gasteiger partial charge is 0.493 e. The highest BCUT2D eigenvalue weighted by molar-refractivity contribution is 6.34. The normalized spacial score (nSPS) is 11.0. The van der Waals surface area contributed by atoms with Gasteiger partial charge in [-0.05, 0) is 159 Å². The van der Waals surface area contributed by atoms with Crippen LogP contribution in [0, 0.1) is 0 Å². The predicted octanol–water partition coefficient (Wildman–Crippen LogP) is 16.0. The molecule has 0 aliphatic carbocycles. The summed E-state index contributed by atoms with van der Waals surface area (Å²) in [5, 5.41) is 12.0. The summed E-state index contributed by atoms with van der Waals surface area (Å²) in [6, 6.07) is 29.0. The molecule has 0 aromatic heterocycles. The van der Waals surface area contributed by atoms with Crippen molar-refractivity contribution in [3.63, 3.8) is 0 Å². The molecule has 5 aromatic rings. The third kappa shape index (κ3) is 19.6. The van der Waals surface area contributed by atoms with Crippen molar-refractivity contribution in [2.75, 3.05) is 34.5 Å². The van der Waals surface area contributed by atoms with Crippen LogP contribution in [0.15, 0.2) is 97.1 Å². The minimum Gasteiger partial charge on any atom is -0.493 e. The molecule has 10 nitrogen and oxygen atoms in total. The van der Waals surface area contributed by atoms with Gasteiger partial charge in [0.1, 0.15) is 11.5 Å². The van der Waals surface area contributed by atoms with E-state index in [1.807, 2.05) is 0 Å². The summed E-state index contributed by atoms with van der Waals surface area (Å²) in [7, 11) is 0. The summed E-state index contributed by atoms with van der Waals surface area (Å²) in [5.74, 6) is 0.514. The number of anilines is 4. The number of benzene rings is 5. The lowest BCUT2D eigenvalue weighted by Crippen LogP contribution is -2.16. The van der Waals surface area contributed by atoms with Crippen molar-refractivity contribution in [2.45, 2.75) is 156 Å². The molecule has 0 radical (unpaired) electrons. The number of aryl methyl sites for hydroxylation is 4. The zero-order valence-corrected chi connectivity index (χ0v) is 44.5. The van der Waals surface area contributed by atoms with Gasteiger partial charge in [0.2, 0.25) is 11.8 Å². The van der Waals surface area contributed by atoms with Gasteiger partial charge in [0.05, 0.1) is 34.6 Å². The van der Waals surface area contributed by atoms with E-state index in [1.54, 1.807) is 36.4 Å². The first-order valence-corrected chi connectivity index (χ1v) is 27.2. The van der Waals surface area contributed by atoms with Crippen LogP contribution in [0.3, 0.4) is 0 Å². The first-order valence-electron chi connectivity index (χ1n) is 26.4. The van der Waals surface area contributed by atoms with Crippen molar-refractivity contribution >= 4 is 69.6 Å². The van der Waals surface area contributed by atoms with E-state index in [0.717, 1.165) is 62.9 Å². The third-order valence-electron chi connectivity index (χ3n) is 12.5. The van der Waals surface area contributed by atoms with E-state index < -0.39 is 11.8 Å². The van der Waals surface area contributed by atoms with Gasteiger partial charge in [-0.2, -0.15) is 0 Å². The molecule has 0 aliphatic heterocycles. The van der Waals surface area contributed by atoms with Gasteiger partial charge < -0.3 is 30.7 Å². The summed E-state index contributed by atoms with van der Waals surface area (Å²) < 4.78 is 12.4. The lowest BCUT2D eigenvalue weighted by Gasteiger charge is -2.14. The Hall–Kier alpha value is -5.84. The number of amides is 4. The van der Waals surface area contributed by atoms with Gasteiger partial charge in [0.15, 0.2) is 0 Å². The van der Waals surface area contributed by atoms with Gasteiger partial charge in [-0.3, -0.25) is 19.2 Å². The number of carbonyl (C=O) groups excluding carboxylic acids is 4. The summed E-state index contributed by atoms with van der Waals surface area (Å²) in [5.41, 5.74) is 7.35. The Labute approximate surface area is 438 Å². The lowest BCUT2D eigenvalue weighted by atomic mass is 10.00. The van der Waals surface area contributed by atoms with Crippen LogP contribution in [-0.4, -0.2) is 36.8 Å². The average molecular weight is 1020 g/mol. The zero-order chi connectivity index (χ0) is 51.5. The molecule has 0 unspecified atom stereocenters. The number of rotatable bonds is 32. The van der Waals surface area contributed by atoms with Crippen LogP contribution in [0.2, 0.25) is 10.0 Å². The molecule has 12 heteroatoms. The summed E-state index contributed by atoms with van der Waals surface area (Å²) in [6.07, 6.45) is 19.8. The molecular weight excluding hydrogens is 944 g/mol. The highest BCUT2D eigenvalue weighted by Gasteiger charge is 2.16. The Morgan fingerprint density at radius 1 is 0.417 bits per heavy atom. The number of hydrogen-bond acceptors (Lipinski definition) is 6. The number of ether oxygens (including phenoxy) is 2. The maximum absolute atomic E-state index is 13.3. The van der Waals surface area contributed by atoms with E-state index in [9.17, 15) is 19.2 Å². The molecule has 0 saturated heterocycles. The average Bonchev–Trinajstić information content (AvgIpc) is 3.37. The van der Waals surface area contributed by atoms with E-state index in [0.29, 0.717) is 58.9 Å². The first kappa shape index (κ1) is 57.1. The molecule has 72 heavy (non-hydrogen) atoms. The number of hydrogen-bond donors (Lipinski definition) is 4. The van der Waals surface area contributed by atoms with Crippen LogP contribution in [0.1, 0.15) is 173 Å². The minimum absolute atomic E-state index is 0.183. The molecule has 5 aromatic carbocycles. The number of unbranched alkanes of at least 4 members (excludes halogenated alkanes) is 8. The Kier molecular flexibility index (Phi) is 25.0. The van der Waals surface area contributed by atoms with Gasteiger partial charge in [0, 0.05) is 35.3 Å². The number of halogens is 2. The molecule has 0 bridgehead atoms. The van der Waals surface area contributed by atoms with E-state index in [-0.39, 0.29) is 35.8 Å². The zero-order valence-electron chi connectivity index (χ0n) is 43.0. The topological polar surface area (TPSA) is 135 Å². The number of carbonyl (C=O) groups is 4. The monoisotopic (exact) mass is 1020 g/mol. The molecule has 4 N–H and O–H groups in total. The summed E-state index contributed by atoms with van der Waals surface area (Å²) >= 11 is 12.9. The fourth-order valence-electron chi connectivity index (χ4n) is 8.37. The maximum Gasteiger partial charge on any atom is 0.255 e. The fraction of sp³-hybridized carbons (Fsp3) is 0.433. The van der Waals surface area contributed by atoms with Crippen molar-refractivity contribution in [1.82, 2.24) is 0 Å². The van der Waals surface area contributed by atoms with Gasteiger partial charge >= 0.3 is 0 Å². The second-order valence-electron chi connectivity index (χ2n) is 18.6. The Morgan fingerprint density at radius 2 is 0.792 bits per heavy atom. The van der Waals surface area contributed by atoms with E-state index in [2.05, 4.69) is 85.4 Å². The number of nitrogens with one attached hydrogen (secondary N) is 4. The molecule has 0 heterocycles. The van der Waals surface area contributed by atoms with Crippen LogP contribution in [0.25, 0.3) is 0 Å². The molecule has 0 saturated carbocycles. The summed E-state index contributed by atoms with van der Waals surface area (Å²) in [6.45, 7) is 9.68. The summed E-state index contributed by atoms with van der Waals surface area (Å²) in [4.78, 5) is 52.6. The molecule has 0 aliphatic rings. The van der Waals surface area contributed by atoms with E-state index in [4.69, 9.17) is 32.7 Å². The Morgan fingerprint density at radius 3 is 1.17 bits per heavy atom. The van der Waals surface area contributed by atoms with Crippen molar-refractivity contribution in [2.24, 2.45) is 0 Å². The second-order valence-corrected chi connectivity index (χ2v) is 19.4. The standard InChI is InChI=1S/C60H76Cl2N4O6/c1-5-9-13-19-43-25-35-55(47(39-43)21-15-11-7-3)71-37-17-23-57(67)63-49-31-33-51(61)53(41-49)65-59(69)45-27-29-46(30-28-45)60(70)66-54-42-50(32-34-52(54)62)64-58(68)24-18-38-72-56-36-26-44(20-14-10-6-2)40-48(56)22-16-12-8-4/h25-36,39-42H,5-24,37-38H2,1-4H3,(H,63,67)(H,64,68)(H,65,69)(H,66,70). The quantitative estimate of drug-likeness (QED) is 0.0317. The maximum atomic E-state index is 13.3. The van der Waals surface area contributed by atoms with E-state index in [1.165, 1.54) is 97.9 Å². The van der Waals surface area contributed by atoms with Crippen LogP contribution >= 0.6 is 23.2 Å². The first-order chi connectivity index (χ1) is 35.0. The Balaban J connectivity index is 1.07. The molecule has 0 spiro atoms. The molecule has 386 valence electrons. The van der Waals surface area contributed by atoms with Gasteiger partial charge in [-0.25, -0.2) is 0 Å². The molecule has 0 fully saturated rings. The Bertz CT molecular complexity index is 2340. The van der Waals surface area contributed by atoms with Crippen molar-refractivity contribution in [3.8, 4) is 11.5 Å². The van der Waals surface area contributed by atoms with Gasteiger partial charge in [-0.1, -0.05) is 127 Å². The SMILES string of the molecule is CCCCCc1ccc(OCCCC(=O)Nc2ccc(Cl)c(NC(=O)c3ccc(C(=O)Nc4cc(NC(=O)CCCOc5ccc(CCCCC)cc5CCCCC)ccc4Cl)cc3)c2)c(CCCCC)c1. The van der Waals surface area contributed by atoms with Crippen LogP contribution in [0.5, 0.6) is 11.5 Å². The second kappa shape index (κ2) is 31.6. The highest BCUT2D eigenvalue weighted by Crippen LogP contribution is 2.30. The molecule has 0 atom stereocenters. The van der Waals surface area contributed by atoms with E-state index >= 15 is 0 Å². The van der Waals surface area contributed by atoms with Crippen LogP contribution in [0.4, 0.5) is 22.7 Å². The van der Waals surface area contributed by atoms with Crippen molar-refractivity contribution < 1.29 is 28.7 Å². The minimum atomic E-state index is -0.454. The smallest absolute Gasteiger partial charge is 0.255 e. The third-order valence-corrected chi connectivity index (χ3v) is 13.2. The fourth-order valence-corrected chi connectivity index (χ4v) is 8.70. The molecule has 4 amide bonds. The van der Waals surface area contributed by atoms with Crippen LogP contribution in [-0.2, 0) is 35.3 Å². The van der Waals surface area contributed by atoms with Gasteiger partial charge in [0.25, 0.3) is 11.8 Å². The van der Waals surface area contributed by atoms with Crippen LogP contribution < -0.4 is 30.7 Å². The molecular formula is C60H76Cl2N4O6. The van der Waals surface area contributed by atoms with Crippen molar-refractivity contribution in [3.05, 3.63) is 140 Å². The van der Waals surface area contributed by atoms with Crippen molar-refractivity contribution in [1.29, 1.82) is 0 Å². The predicted molar refractivity (Wildman–Crippen MR) is 298 cm³/mol. The molecule has 5 rings (SSSR count).